The van der Waals surface area contributed by atoms with Crippen LogP contribution in [0.4, 0.5) is 5.69 Å². The van der Waals surface area contributed by atoms with Gasteiger partial charge in [-0.25, -0.2) is 9.59 Å². The van der Waals surface area contributed by atoms with Crippen molar-refractivity contribution in [1.82, 2.24) is 0 Å². The van der Waals surface area contributed by atoms with Crippen LogP contribution in [0.2, 0.25) is 0 Å². The van der Waals surface area contributed by atoms with Crippen LogP contribution in [-0.4, -0.2) is 62.1 Å². The van der Waals surface area contributed by atoms with E-state index in [2.05, 4.69) is 0 Å². The van der Waals surface area contributed by atoms with Crippen molar-refractivity contribution in [2.24, 2.45) is 0 Å². The van der Waals surface area contributed by atoms with Gasteiger partial charge in [0, 0.05) is 0 Å². The first-order valence-corrected chi connectivity index (χ1v) is 10.2. The lowest BCUT2D eigenvalue weighted by molar-refractivity contribution is -0.386. The zero-order valence-electron chi connectivity index (χ0n) is 20.4. The van der Waals surface area contributed by atoms with Crippen molar-refractivity contribution in [3.8, 4) is 11.5 Å². The van der Waals surface area contributed by atoms with Crippen molar-refractivity contribution in [1.29, 1.82) is 0 Å². The van der Waals surface area contributed by atoms with Gasteiger partial charge in [0.25, 0.3) is 5.69 Å². The summed E-state index contributed by atoms with van der Waals surface area (Å²) in [7, 11) is 2.73. The average Bonchev–Trinajstić information content (AvgIpc) is 2.66. The predicted molar refractivity (Wildman–Crippen MR) is 117 cm³/mol. The molecule has 0 spiro atoms. The third kappa shape index (κ3) is 10.0. The Morgan fingerprint density at radius 2 is 1.39 bits per heavy atom. The fourth-order valence-corrected chi connectivity index (χ4v) is 2.69. The Morgan fingerprint density at radius 3 is 1.85 bits per heavy atom. The number of benzene rings is 1. The van der Waals surface area contributed by atoms with Crippen LogP contribution in [0, 0.1) is 10.1 Å². The Balaban J connectivity index is 3.16. The first kappa shape index (κ1) is 28.1. The van der Waals surface area contributed by atoms with Crippen molar-refractivity contribution >= 4 is 17.6 Å². The Morgan fingerprint density at radius 1 is 0.909 bits per heavy atom. The molecule has 0 bridgehead atoms. The molecule has 1 rings (SSSR count). The van der Waals surface area contributed by atoms with E-state index in [9.17, 15) is 19.7 Å². The van der Waals surface area contributed by atoms with E-state index in [0.717, 1.165) is 0 Å². The fourth-order valence-electron chi connectivity index (χ4n) is 2.69. The molecule has 33 heavy (non-hydrogen) atoms. The number of methoxy groups -OCH3 is 2. The van der Waals surface area contributed by atoms with E-state index in [1.165, 1.54) is 26.4 Å². The lowest BCUT2D eigenvalue weighted by Gasteiger charge is -2.23. The molecule has 0 heterocycles. The summed E-state index contributed by atoms with van der Waals surface area (Å²) in [4.78, 5) is 35.2. The predicted octanol–water partition coefficient (Wildman–Crippen LogP) is 3.37. The van der Waals surface area contributed by atoms with Crippen LogP contribution >= 0.6 is 0 Å². The minimum Gasteiger partial charge on any atom is -0.493 e. The van der Waals surface area contributed by atoms with Crippen molar-refractivity contribution in [2.45, 2.75) is 58.8 Å². The molecule has 11 nitrogen and oxygen atoms in total. The van der Waals surface area contributed by atoms with Crippen LogP contribution in [0.3, 0.4) is 0 Å². The minimum absolute atomic E-state index is 0.0744. The number of carbonyl (C=O) groups excluding carboxylic acids is 2. The standard InChI is InChI=1S/C22H33NO10/c1-21(2,3)32-19(24)12-30-11-18(31-13-20(25)33-22(4,5)6)14-9-16(28-7)17(29-8)10-15(14)23(26)27/h9-10,18H,11-13H2,1-8H3. The quantitative estimate of drug-likeness (QED) is 0.269. The van der Waals surface area contributed by atoms with Gasteiger partial charge in [0.15, 0.2) is 11.5 Å². The zero-order chi connectivity index (χ0) is 25.4. The Hall–Kier alpha value is -2.92. The maximum atomic E-state index is 12.1. The highest BCUT2D eigenvalue weighted by Crippen LogP contribution is 2.38. The fraction of sp³-hybridized carbons (Fsp3) is 0.636. The Bertz CT molecular complexity index is 839. The summed E-state index contributed by atoms with van der Waals surface area (Å²) in [6.07, 6.45) is -1.10. The van der Waals surface area contributed by atoms with Crippen LogP contribution in [0.1, 0.15) is 53.2 Å². The van der Waals surface area contributed by atoms with Gasteiger partial charge < -0.3 is 28.4 Å². The molecule has 1 aromatic rings. The molecule has 0 aromatic heterocycles. The van der Waals surface area contributed by atoms with E-state index in [1.54, 1.807) is 41.5 Å². The van der Waals surface area contributed by atoms with Crippen LogP contribution in [0.25, 0.3) is 0 Å². The first-order valence-electron chi connectivity index (χ1n) is 10.2. The van der Waals surface area contributed by atoms with E-state index >= 15 is 0 Å². The van der Waals surface area contributed by atoms with E-state index in [4.69, 9.17) is 28.4 Å². The second-order valence-electron chi connectivity index (χ2n) is 9.01. The van der Waals surface area contributed by atoms with E-state index in [1.807, 2.05) is 0 Å². The molecule has 0 N–H and O–H groups in total. The summed E-state index contributed by atoms with van der Waals surface area (Å²) in [5, 5.41) is 11.7. The lowest BCUT2D eigenvalue weighted by atomic mass is 10.1. The molecular weight excluding hydrogens is 438 g/mol. The summed E-state index contributed by atoms with van der Waals surface area (Å²) in [5.74, 6) is -0.914. The summed E-state index contributed by atoms with van der Waals surface area (Å²) >= 11 is 0. The van der Waals surface area contributed by atoms with Crippen molar-refractivity contribution < 1.29 is 42.9 Å². The van der Waals surface area contributed by atoms with Gasteiger partial charge in [0.2, 0.25) is 0 Å². The highest BCUT2D eigenvalue weighted by Gasteiger charge is 2.29. The van der Waals surface area contributed by atoms with Gasteiger partial charge >= 0.3 is 11.9 Å². The van der Waals surface area contributed by atoms with Crippen molar-refractivity contribution in [2.75, 3.05) is 34.0 Å². The first-order chi connectivity index (χ1) is 15.2. The van der Waals surface area contributed by atoms with Gasteiger partial charge in [0.05, 0.1) is 37.4 Å². The monoisotopic (exact) mass is 471 g/mol. The molecule has 1 aromatic carbocycles. The molecule has 11 heteroatoms. The normalized spacial score (nSPS) is 12.6. The van der Waals surface area contributed by atoms with Gasteiger partial charge in [-0.05, 0) is 47.6 Å². The number of ether oxygens (including phenoxy) is 6. The summed E-state index contributed by atoms with van der Waals surface area (Å²) < 4.78 is 31.8. The zero-order valence-corrected chi connectivity index (χ0v) is 20.4. The average molecular weight is 472 g/mol. The summed E-state index contributed by atoms with van der Waals surface area (Å²) in [5.41, 5.74) is -1.69. The molecular formula is C22H33NO10. The van der Waals surface area contributed by atoms with Crippen LogP contribution < -0.4 is 9.47 Å². The van der Waals surface area contributed by atoms with Crippen LogP contribution in [0.5, 0.6) is 11.5 Å². The van der Waals surface area contributed by atoms with Crippen LogP contribution in [-0.2, 0) is 28.5 Å². The van der Waals surface area contributed by atoms with Gasteiger partial charge in [-0.15, -0.1) is 0 Å². The molecule has 0 aliphatic heterocycles. The number of nitro benzene ring substituents is 1. The molecule has 0 aliphatic carbocycles. The molecule has 0 radical (unpaired) electrons. The number of esters is 2. The third-order valence-electron chi connectivity index (χ3n) is 3.81. The van der Waals surface area contributed by atoms with E-state index in [0.29, 0.717) is 0 Å². The van der Waals surface area contributed by atoms with E-state index < -0.39 is 47.4 Å². The largest absolute Gasteiger partial charge is 0.493 e. The second-order valence-corrected chi connectivity index (χ2v) is 9.01. The number of nitrogens with zero attached hydrogens (tertiary/aromatic N) is 1. The number of nitro groups is 1. The van der Waals surface area contributed by atoms with Gasteiger partial charge in [-0.1, -0.05) is 0 Å². The highest BCUT2D eigenvalue weighted by molar-refractivity contribution is 5.71. The van der Waals surface area contributed by atoms with Gasteiger partial charge in [-0.3, -0.25) is 10.1 Å². The smallest absolute Gasteiger partial charge is 0.332 e. The van der Waals surface area contributed by atoms with Gasteiger partial charge in [0.1, 0.15) is 30.5 Å². The topological polar surface area (TPSA) is 133 Å². The highest BCUT2D eigenvalue weighted by atomic mass is 16.6. The van der Waals surface area contributed by atoms with E-state index in [-0.39, 0.29) is 29.4 Å². The van der Waals surface area contributed by atoms with Crippen LogP contribution in [0.15, 0.2) is 12.1 Å². The minimum atomic E-state index is -1.10. The maximum Gasteiger partial charge on any atom is 0.332 e. The molecule has 0 saturated heterocycles. The summed E-state index contributed by atoms with van der Waals surface area (Å²) in [6.45, 7) is 9.05. The number of carbonyl (C=O) groups is 2. The third-order valence-corrected chi connectivity index (χ3v) is 3.81. The second kappa shape index (κ2) is 11.8. The molecule has 0 saturated carbocycles. The number of rotatable bonds is 11. The molecule has 0 fully saturated rings. The Kier molecular flexibility index (Phi) is 10.1. The van der Waals surface area contributed by atoms with Crippen molar-refractivity contribution in [3.05, 3.63) is 27.8 Å². The SMILES string of the molecule is COc1cc(C(COCC(=O)OC(C)(C)C)OCC(=O)OC(C)(C)C)c([N+](=O)[O-])cc1OC. The molecule has 0 amide bonds. The summed E-state index contributed by atoms with van der Waals surface area (Å²) in [6, 6.07) is 2.55. The molecule has 0 aliphatic rings. The maximum absolute atomic E-state index is 12.1. The molecule has 1 atom stereocenters. The molecule has 186 valence electrons. The Labute approximate surface area is 193 Å². The van der Waals surface area contributed by atoms with Crippen molar-refractivity contribution in [3.63, 3.8) is 0 Å². The van der Waals surface area contributed by atoms with Gasteiger partial charge in [-0.2, -0.15) is 0 Å². The number of hydrogen-bond acceptors (Lipinski definition) is 10. The lowest BCUT2D eigenvalue weighted by Crippen LogP contribution is -2.29. The molecule has 1 unspecified atom stereocenters. The number of hydrogen-bond donors (Lipinski definition) is 0.